The van der Waals surface area contributed by atoms with Gasteiger partial charge in [0.05, 0.1) is 0 Å². The highest BCUT2D eigenvalue weighted by Gasteiger charge is 2.16. The molecule has 1 aromatic heterocycles. The molecule has 0 unspecified atom stereocenters. The van der Waals surface area contributed by atoms with Crippen LogP contribution >= 0.6 is 23.7 Å². The molecule has 1 aromatic carbocycles. The first kappa shape index (κ1) is 12.4. The van der Waals surface area contributed by atoms with Crippen LogP contribution in [0.1, 0.15) is 5.56 Å². The average molecular weight is 264 g/mol. The molecule has 3 nitrogen and oxygen atoms in total. The van der Waals surface area contributed by atoms with Gasteiger partial charge in [-0.2, -0.15) is 0 Å². The lowest BCUT2D eigenvalue weighted by Gasteiger charge is -1.93. The molecule has 0 amide bonds. The predicted octanol–water partition coefficient (Wildman–Crippen LogP) is 2.28. The Morgan fingerprint density at radius 1 is 1.27 bits per heavy atom. The van der Waals surface area contributed by atoms with Gasteiger partial charge in [-0.15, -0.1) is 23.7 Å². The SMILES string of the molecule is Cc1c(S(N)(=O)=O)sc2ccccc12.Cl. The molecule has 0 bridgehead atoms. The standard InChI is InChI=1S/C9H9NO2S2.ClH/c1-6-7-4-2-3-5-8(7)13-9(6)14(10,11)12;/h2-5H,1H3,(H2,10,11,12);1H. The maximum absolute atomic E-state index is 11.2. The van der Waals surface area contributed by atoms with Gasteiger partial charge in [0.15, 0.2) is 0 Å². The molecule has 0 radical (unpaired) electrons. The molecule has 0 fully saturated rings. The molecule has 0 saturated heterocycles. The van der Waals surface area contributed by atoms with Gasteiger partial charge >= 0.3 is 0 Å². The Bertz CT molecular complexity index is 589. The number of benzene rings is 1. The largest absolute Gasteiger partial charge is 0.247 e. The van der Waals surface area contributed by atoms with Crippen LogP contribution in [0.3, 0.4) is 0 Å². The average Bonchev–Trinajstić information content (AvgIpc) is 2.44. The topological polar surface area (TPSA) is 60.2 Å². The number of primary sulfonamides is 1. The molecule has 0 spiro atoms. The molecular formula is C9H10ClNO2S2. The second kappa shape index (κ2) is 4.09. The molecule has 0 atom stereocenters. The number of thiophene rings is 1. The van der Waals surface area contributed by atoms with Crippen LogP contribution in [0.2, 0.25) is 0 Å². The minimum absolute atomic E-state index is 0. The van der Waals surface area contributed by atoms with Gasteiger partial charge in [-0.3, -0.25) is 0 Å². The lowest BCUT2D eigenvalue weighted by molar-refractivity contribution is 0.599. The Kier molecular flexibility index (Phi) is 3.40. The third kappa shape index (κ3) is 2.15. The maximum atomic E-state index is 11.2. The van der Waals surface area contributed by atoms with Crippen molar-refractivity contribution >= 4 is 43.9 Å². The van der Waals surface area contributed by atoms with E-state index >= 15 is 0 Å². The predicted molar refractivity (Wildman–Crippen MR) is 65.2 cm³/mol. The van der Waals surface area contributed by atoms with Crippen molar-refractivity contribution < 1.29 is 8.42 Å². The number of nitrogens with two attached hydrogens (primary N) is 1. The van der Waals surface area contributed by atoms with Gasteiger partial charge in [0.25, 0.3) is 0 Å². The number of hydrogen-bond acceptors (Lipinski definition) is 3. The second-order valence-corrected chi connectivity index (χ2v) is 5.86. The molecule has 0 aliphatic heterocycles. The number of halogens is 1. The van der Waals surface area contributed by atoms with Gasteiger partial charge in [-0.25, -0.2) is 13.6 Å². The van der Waals surface area contributed by atoms with E-state index in [-0.39, 0.29) is 16.6 Å². The number of hydrogen-bond donors (Lipinski definition) is 1. The van der Waals surface area contributed by atoms with E-state index in [1.165, 1.54) is 11.3 Å². The first-order valence-electron chi connectivity index (χ1n) is 4.01. The summed E-state index contributed by atoms with van der Waals surface area (Å²) in [5.74, 6) is 0. The van der Waals surface area contributed by atoms with Gasteiger partial charge < -0.3 is 0 Å². The van der Waals surface area contributed by atoms with Gasteiger partial charge in [0.2, 0.25) is 10.0 Å². The number of sulfonamides is 1. The van der Waals surface area contributed by atoms with Crippen molar-refractivity contribution in [1.29, 1.82) is 0 Å². The number of aryl methyl sites for hydroxylation is 1. The maximum Gasteiger partial charge on any atom is 0.247 e. The van der Waals surface area contributed by atoms with E-state index < -0.39 is 10.0 Å². The lowest BCUT2D eigenvalue weighted by atomic mass is 10.2. The summed E-state index contributed by atoms with van der Waals surface area (Å²) in [6.07, 6.45) is 0. The molecule has 6 heteroatoms. The van der Waals surface area contributed by atoms with Crippen molar-refractivity contribution in [2.75, 3.05) is 0 Å². The normalized spacial score (nSPS) is 11.3. The zero-order valence-electron chi connectivity index (χ0n) is 7.93. The molecule has 0 aliphatic carbocycles. The van der Waals surface area contributed by atoms with E-state index in [0.717, 1.165) is 15.6 Å². The van der Waals surface area contributed by atoms with E-state index in [1.807, 2.05) is 24.3 Å². The highest BCUT2D eigenvalue weighted by atomic mass is 35.5. The minimum Gasteiger partial charge on any atom is -0.224 e. The summed E-state index contributed by atoms with van der Waals surface area (Å²) in [5.41, 5.74) is 0.744. The summed E-state index contributed by atoms with van der Waals surface area (Å²) in [6.45, 7) is 1.78. The van der Waals surface area contributed by atoms with E-state index in [9.17, 15) is 8.42 Å². The fraction of sp³-hybridized carbons (Fsp3) is 0.111. The Hall–Kier alpha value is -0.620. The van der Waals surface area contributed by atoms with Crippen molar-refractivity contribution in [2.24, 2.45) is 5.14 Å². The highest BCUT2D eigenvalue weighted by Crippen LogP contribution is 2.32. The summed E-state index contributed by atoms with van der Waals surface area (Å²) in [4.78, 5) is 0. The molecule has 1 heterocycles. The molecule has 2 aromatic rings. The Balaban J connectivity index is 0.00000112. The summed E-state index contributed by atoms with van der Waals surface area (Å²) >= 11 is 1.22. The van der Waals surface area contributed by atoms with Crippen molar-refractivity contribution in [3.63, 3.8) is 0 Å². The Morgan fingerprint density at radius 3 is 2.40 bits per heavy atom. The molecule has 15 heavy (non-hydrogen) atoms. The van der Waals surface area contributed by atoms with Crippen LogP contribution in [0.15, 0.2) is 28.5 Å². The van der Waals surface area contributed by atoms with Crippen LogP contribution in [-0.4, -0.2) is 8.42 Å². The third-order valence-corrected chi connectivity index (χ3v) is 4.90. The van der Waals surface area contributed by atoms with E-state index in [0.29, 0.717) is 0 Å². The Labute approximate surface area is 98.4 Å². The molecule has 2 N–H and O–H groups in total. The highest BCUT2D eigenvalue weighted by molar-refractivity contribution is 7.91. The lowest BCUT2D eigenvalue weighted by Crippen LogP contribution is -2.11. The molecule has 0 saturated carbocycles. The summed E-state index contributed by atoms with van der Waals surface area (Å²) in [7, 11) is -3.58. The van der Waals surface area contributed by atoms with E-state index in [1.54, 1.807) is 6.92 Å². The van der Waals surface area contributed by atoms with E-state index in [4.69, 9.17) is 5.14 Å². The van der Waals surface area contributed by atoms with Crippen LogP contribution in [0, 0.1) is 6.92 Å². The quantitative estimate of drug-likeness (QED) is 0.858. The van der Waals surface area contributed by atoms with Crippen LogP contribution < -0.4 is 5.14 Å². The van der Waals surface area contributed by atoms with Gasteiger partial charge in [-0.1, -0.05) is 18.2 Å². The van der Waals surface area contributed by atoms with Crippen molar-refractivity contribution in [1.82, 2.24) is 0 Å². The second-order valence-electron chi connectivity index (χ2n) is 3.06. The van der Waals surface area contributed by atoms with Crippen molar-refractivity contribution in [3.05, 3.63) is 29.8 Å². The monoisotopic (exact) mass is 263 g/mol. The minimum atomic E-state index is -3.58. The first-order chi connectivity index (χ1) is 6.50. The number of rotatable bonds is 1. The van der Waals surface area contributed by atoms with Gasteiger partial charge in [-0.05, 0) is 23.9 Å². The smallest absolute Gasteiger partial charge is 0.224 e. The zero-order chi connectivity index (χ0) is 10.3. The first-order valence-corrected chi connectivity index (χ1v) is 6.37. The third-order valence-electron chi connectivity index (χ3n) is 2.06. The van der Waals surface area contributed by atoms with Crippen molar-refractivity contribution in [2.45, 2.75) is 11.1 Å². The summed E-state index contributed by atoms with van der Waals surface area (Å²) in [6, 6.07) is 7.55. The molecular weight excluding hydrogens is 254 g/mol. The van der Waals surface area contributed by atoms with Gasteiger partial charge in [0, 0.05) is 4.70 Å². The molecule has 0 aliphatic rings. The van der Waals surface area contributed by atoms with Crippen LogP contribution in [0.25, 0.3) is 10.1 Å². The van der Waals surface area contributed by atoms with E-state index in [2.05, 4.69) is 0 Å². The fourth-order valence-electron chi connectivity index (χ4n) is 1.42. The summed E-state index contributed by atoms with van der Waals surface area (Å²) < 4.78 is 23.6. The molecule has 82 valence electrons. The summed E-state index contributed by atoms with van der Waals surface area (Å²) in [5, 5.41) is 6.06. The fourth-order valence-corrected chi connectivity index (χ4v) is 3.63. The zero-order valence-corrected chi connectivity index (χ0v) is 10.4. The van der Waals surface area contributed by atoms with Crippen LogP contribution in [-0.2, 0) is 10.0 Å². The van der Waals surface area contributed by atoms with Crippen molar-refractivity contribution in [3.8, 4) is 0 Å². The van der Waals surface area contributed by atoms with Crippen LogP contribution in [0.4, 0.5) is 0 Å². The number of fused-ring (bicyclic) bond motifs is 1. The molecule has 2 rings (SSSR count). The Morgan fingerprint density at radius 2 is 1.87 bits per heavy atom. The van der Waals surface area contributed by atoms with Crippen LogP contribution in [0.5, 0.6) is 0 Å². The van der Waals surface area contributed by atoms with Gasteiger partial charge in [0.1, 0.15) is 4.21 Å².